The van der Waals surface area contributed by atoms with Crippen molar-refractivity contribution in [3.63, 3.8) is 0 Å². The maximum atomic E-state index is 10.3. The van der Waals surface area contributed by atoms with E-state index >= 15 is 0 Å². The number of carboxylic acid groups (broad SMARTS) is 1. The Hall–Kier alpha value is -0.870. The lowest BCUT2D eigenvalue weighted by molar-refractivity contribution is -0.131. The Morgan fingerprint density at radius 3 is 2.38 bits per heavy atom. The van der Waals surface area contributed by atoms with Crippen LogP contribution >= 0.6 is 0 Å². The van der Waals surface area contributed by atoms with Gasteiger partial charge in [-0.3, -0.25) is 4.90 Å². The van der Waals surface area contributed by atoms with Crippen LogP contribution in [0.15, 0.2) is 12.2 Å². The average molecular weight is 224 g/mol. The Morgan fingerprint density at radius 2 is 1.81 bits per heavy atom. The van der Waals surface area contributed by atoms with E-state index in [0.29, 0.717) is 0 Å². The second kappa shape index (κ2) is 5.46. The maximum Gasteiger partial charge on any atom is 0.328 e. The molecule has 0 aromatic heterocycles. The lowest BCUT2D eigenvalue weighted by atomic mass is 10.2. The molecule has 4 heteroatoms. The molecule has 16 heavy (non-hydrogen) atoms. The highest BCUT2D eigenvalue weighted by molar-refractivity contribution is 5.79. The van der Waals surface area contributed by atoms with Gasteiger partial charge in [-0.15, -0.1) is 0 Å². The van der Waals surface area contributed by atoms with Crippen LogP contribution in [0, 0.1) is 5.92 Å². The van der Waals surface area contributed by atoms with Gasteiger partial charge in [0.05, 0.1) is 0 Å². The molecule has 90 valence electrons. The van der Waals surface area contributed by atoms with E-state index in [4.69, 9.17) is 5.11 Å². The van der Waals surface area contributed by atoms with E-state index in [-0.39, 0.29) is 0 Å². The molecule has 0 bridgehead atoms. The molecular weight excluding hydrogens is 204 g/mol. The summed E-state index contributed by atoms with van der Waals surface area (Å²) in [6.45, 7) is 6.45. The minimum absolute atomic E-state index is 0.767. The molecule has 0 atom stereocenters. The molecule has 1 aliphatic heterocycles. The number of aliphatic carboxylic acids is 1. The van der Waals surface area contributed by atoms with E-state index in [9.17, 15) is 4.79 Å². The summed E-state index contributed by atoms with van der Waals surface area (Å²) in [5.41, 5.74) is 0. The van der Waals surface area contributed by atoms with Gasteiger partial charge < -0.3 is 10.0 Å². The van der Waals surface area contributed by atoms with E-state index in [1.165, 1.54) is 25.5 Å². The van der Waals surface area contributed by atoms with E-state index < -0.39 is 5.97 Å². The molecule has 1 aliphatic carbocycles. The molecule has 0 aromatic rings. The highest BCUT2D eigenvalue weighted by Crippen LogP contribution is 2.29. The zero-order valence-corrected chi connectivity index (χ0v) is 9.64. The minimum atomic E-state index is -0.854. The van der Waals surface area contributed by atoms with E-state index in [2.05, 4.69) is 9.80 Å². The Labute approximate surface area is 96.5 Å². The standard InChI is InChI=1S/C12H20N2O2/c15-12(16)2-1-5-13-6-8-14(9-7-13)10-11-3-4-11/h1-2,11H,3-10H2,(H,15,16). The predicted molar refractivity (Wildman–Crippen MR) is 62.4 cm³/mol. The third-order valence-corrected chi connectivity index (χ3v) is 3.30. The van der Waals surface area contributed by atoms with Crippen LogP contribution in [0.5, 0.6) is 0 Å². The van der Waals surface area contributed by atoms with Crippen LogP contribution in [0.4, 0.5) is 0 Å². The molecule has 1 heterocycles. The quantitative estimate of drug-likeness (QED) is 0.697. The minimum Gasteiger partial charge on any atom is -0.478 e. The van der Waals surface area contributed by atoms with Gasteiger partial charge in [-0.2, -0.15) is 0 Å². The lowest BCUT2D eigenvalue weighted by Crippen LogP contribution is -2.46. The number of carbonyl (C=O) groups is 1. The molecular formula is C12H20N2O2. The molecule has 0 aromatic carbocycles. The zero-order valence-electron chi connectivity index (χ0n) is 9.64. The second-order valence-corrected chi connectivity index (χ2v) is 4.79. The van der Waals surface area contributed by atoms with Gasteiger partial charge in [-0.25, -0.2) is 4.79 Å². The van der Waals surface area contributed by atoms with Crippen LogP contribution < -0.4 is 0 Å². The molecule has 0 radical (unpaired) electrons. The highest BCUT2D eigenvalue weighted by Gasteiger charge is 2.25. The van der Waals surface area contributed by atoms with Crippen molar-refractivity contribution in [2.75, 3.05) is 39.3 Å². The van der Waals surface area contributed by atoms with Crippen LogP contribution in [0.25, 0.3) is 0 Å². The molecule has 2 rings (SSSR count). The van der Waals surface area contributed by atoms with Gasteiger partial charge in [-0.05, 0) is 18.8 Å². The third-order valence-electron chi connectivity index (χ3n) is 3.30. The summed E-state index contributed by atoms with van der Waals surface area (Å²) in [5.74, 6) is 0.117. The number of carboxylic acids is 1. The lowest BCUT2D eigenvalue weighted by Gasteiger charge is -2.34. The first kappa shape index (κ1) is 11.6. The number of rotatable bonds is 5. The topological polar surface area (TPSA) is 43.8 Å². The third kappa shape index (κ3) is 3.94. The summed E-state index contributed by atoms with van der Waals surface area (Å²) in [6.07, 6.45) is 5.80. The summed E-state index contributed by atoms with van der Waals surface area (Å²) < 4.78 is 0. The zero-order chi connectivity index (χ0) is 11.4. The van der Waals surface area contributed by atoms with Crippen molar-refractivity contribution >= 4 is 5.97 Å². The molecule has 2 aliphatic rings. The molecule has 1 saturated carbocycles. The summed E-state index contributed by atoms with van der Waals surface area (Å²) in [7, 11) is 0. The number of nitrogens with zero attached hydrogens (tertiary/aromatic N) is 2. The van der Waals surface area contributed by atoms with Gasteiger partial charge in [0, 0.05) is 45.3 Å². The SMILES string of the molecule is O=C(O)C=CCN1CCN(CC2CC2)CC1. The molecule has 4 nitrogen and oxygen atoms in total. The molecule has 0 unspecified atom stereocenters. The van der Waals surface area contributed by atoms with Crippen LogP contribution in [0.2, 0.25) is 0 Å². The van der Waals surface area contributed by atoms with E-state index in [1.54, 1.807) is 6.08 Å². The number of hydrogen-bond donors (Lipinski definition) is 1. The van der Waals surface area contributed by atoms with Crippen molar-refractivity contribution in [1.82, 2.24) is 9.80 Å². The first-order valence-corrected chi connectivity index (χ1v) is 6.08. The van der Waals surface area contributed by atoms with Crippen molar-refractivity contribution in [3.05, 3.63) is 12.2 Å². The van der Waals surface area contributed by atoms with Crippen molar-refractivity contribution in [2.45, 2.75) is 12.8 Å². The Kier molecular flexibility index (Phi) is 3.96. The normalized spacial score (nSPS) is 24.0. The van der Waals surface area contributed by atoms with Crippen molar-refractivity contribution in [2.24, 2.45) is 5.92 Å². The first-order valence-electron chi connectivity index (χ1n) is 6.08. The van der Waals surface area contributed by atoms with E-state index in [0.717, 1.165) is 38.6 Å². The van der Waals surface area contributed by atoms with Crippen molar-refractivity contribution in [1.29, 1.82) is 0 Å². The van der Waals surface area contributed by atoms with Crippen LogP contribution in [0.3, 0.4) is 0 Å². The summed E-state index contributed by atoms with van der Waals surface area (Å²) in [6, 6.07) is 0. The van der Waals surface area contributed by atoms with Crippen LogP contribution in [-0.2, 0) is 4.79 Å². The fourth-order valence-electron chi connectivity index (χ4n) is 2.12. The van der Waals surface area contributed by atoms with Gasteiger partial charge in [-0.1, -0.05) is 6.08 Å². The van der Waals surface area contributed by atoms with Crippen LogP contribution in [0.1, 0.15) is 12.8 Å². The van der Waals surface area contributed by atoms with Crippen molar-refractivity contribution in [3.8, 4) is 0 Å². The largest absolute Gasteiger partial charge is 0.478 e. The Balaban J connectivity index is 1.62. The Morgan fingerprint density at radius 1 is 1.19 bits per heavy atom. The first-order chi connectivity index (χ1) is 7.74. The number of hydrogen-bond acceptors (Lipinski definition) is 3. The molecule has 2 fully saturated rings. The van der Waals surface area contributed by atoms with Gasteiger partial charge in [0.1, 0.15) is 0 Å². The average Bonchev–Trinajstić information content (AvgIpc) is 3.04. The molecule has 1 N–H and O–H groups in total. The van der Waals surface area contributed by atoms with Crippen molar-refractivity contribution < 1.29 is 9.90 Å². The van der Waals surface area contributed by atoms with Gasteiger partial charge >= 0.3 is 5.97 Å². The molecule has 0 amide bonds. The highest BCUT2D eigenvalue weighted by atomic mass is 16.4. The smallest absolute Gasteiger partial charge is 0.328 e. The predicted octanol–water partition coefficient (Wildman–Crippen LogP) is 0.655. The van der Waals surface area contributed by atoms with E-state index in [1.807, 2.05) is 0 Å². The summed E-state index contributed by atoms with van der Waals surface area (Å²) >= 11 is 0. The van der Waals surface area contributed by atoms with Crippen LogP contribution in [-0.4, -0.2) is 60.1 Å². The fraction of sp³-hybridized carbons (Fsp3) is 0.750. The monoisotopic (exact) mass is 224 g/mol. The maximum absolute atomic E-state index is 10.3. The summed E-state index contributed by atoms with van der Waals surface area (Å²) in [5, 5.41) is 8.48. The second-order valence-electron chi connectivity index (χ2n) is 4.79. The number of piperazine rings is 1. The van der Waals surface area contributed by atoms with Gasteiger partial charge in [0.25, 0.3) is 0 Å². The summed E-state index contributed by atoms with van der Waals surface area (Å²) in [4.78, 5) is 15.2. The Bertz CT molecular complexity index is 266. The molecule has 1 saturated heterocycles. The van der Waals surface area contributed by atoms with Gasteiger partial charge in [0.2, 0.25) is 0 Å². The van der Waals surface area contributed by atoms with Gasteiger partial charge in [0.15, 0.2) is 0 Å². The molecule has 0 spiro atoms. The fourth-order valence-corrected chi connectivity index (χ4v) is 2.12.